The minimum absolute atomic E-state index is 0.107. The zero-order valence-corrected chi connectivity index (χ0v) is 12.7. The van der Waals surface area contributed by atoms with Crippen LogP contribution < -0.4 is 10.6 Å². The Bertz CT molecular complexity index is 481. The molecule has 2 amide bonds. The standard InChI is InChI=1S/C17H24N2O2/c1-2-12-18-15(20)17(10-11-17)16(21)19-13-6-9-14-7-4-3-5-8-14/h3-5,7-8H,2,6,9-13H2,1H3,(H,18,20)(H,19,21). The molecule has 0 bridgehead atoms. The van der Waals surface area contributed by atoms with E-state index in [0.717, 1.165) is 19.3 Å². The maximum Gasteiger partial charge on any atom is 0.235 e. The van der Waals surface area contributed by atoms with E-state index in [4.69, 9.17) is 0 Å². The van der Waals surface area contributed by atoms with Gasteiger partial charge in [-0.25, -0.2) is 0 Å². The molecular weight excluding hydrogens is 264 g/mol. The highest BCUT2D eigenvalue weighted by Crippen LogP contribution is 2.46. The first-order chi connectivity index (χ1) is 10.2. The van der Waals surface area contributed by atoms with Crippen LogP contribution in [0.4, 0.5) is 0 Å². The van der Waals surface area contributed by atoms with Gasteiger partial charge in [-0.2, -0.15) is 0 Å². The van der Waals surface area contributed by atoms with Crippen LogP contribution in [-0.2, 0) is 16.0 Å². The Labute approximate surface area is 126 Å². The van der Waals surface area contributed by atoms with Crippen molar-refractivity contribution in [3.63, 3.8) is 0 Å². The molecule has 1 aliphatic carbocycles. The van der Waals surface area contributed by atoms with Gasteiger partial charge in [-0.05, 0) is 37.7 Å². The summed E-state index contributed by atoms with van der Waals surface area (Å²) in [4.78, 5) is 24.2. The zero-order chi connectivity index (χ0) is 15.1. The van der Waals surface area contributed by atoms with Crippen LogP contribution in [0.2, 0.25) is 0 Å². The molecule has 0 saturated heterocycles. The van der Waals surface area contributed by atoms with Crippen LogP contribution in [0.3, 0.4) is 0 Å². The van der Waals surface area contributed by atoms with Gasteiger partial charge in [0.15, 0.2) is 0 Å². The number of amides is 2. The Morgan fingerprint density at radius 2 is 1.67 bits per heavy atom. The third-order valence-corrected chi connectivity index (χ3v) is 3.93. The van der Waals surface area contributed by atoms with Crippen LogP contribution in [-0.4, -0.2) is 24.9 Å². The predicted molar refractivity (Wildman–Crippen MR) is 82.7 cm³/mol. The number of hydrogen-bond acceptors (Lipinski definition) is 2. The molecular formula is C17H24N2O2. The van der Waals surface area contributed by atoms with Gasteiger partial charge in [-0.1, -0.05) is 37.3 Å². The molecule has 4 heteroatoms. The smallest absolute Gasteiger partial charge is 0.235 e. The normalized spacial score (nSPS) is 15.3. The fourth-order valence-electron chi connectivity index (χ4n) is 2.40. The Morgan fingerprint density at radius 1 is 1.05 bits per heavy atom. The van der Waals surface area contributed by atoms with Gasteiger partial charge in [0.25, 0.3) is 0 Å². The summed E-state index contributed by atoms with van der Waals surface area (Å²) in [6, 6.07) is 10.2. The second kappa shape index (κ2) is 7.25. The first-order valence-electron chi connectivity index (χ1n) is 7.79. The second-order valence-corrected chi connectivity index (χ2v) is 5.68. The summed E-state index contributed by atoms with van der Waals surface area (Å²) in [6.45, 7) is 3.27. The van der Waals surface area contributed by atoms with Gasteiger partial charge in [-0.15, -0.1) is 0 Å². The van der Waals surface area contributed by atoms with Gasteiger partial charge in [0.2, 0.25) is 11.8 Å². The monoisotopic (exact) mass is 288 g/mol. The Morgan fingerprint density at radius 3 is 2.24 bits per heavy atom. The molecule has 1 aromatic carbocycles. The molecule has 114 valence electrons. The van der Waals surface area contributed by atoms with E-state index in [9.17, 15) is 9.59 Å². The molecule has 0 radical (unpaired) electrons. The maximum absolute atomic E-state index is 12.2. The third kappa shape index (κ3) is 4.06. The third-order valence-electron chi connectivity index (χ3n) is 3.93. The maximum atomic E-state index is 12.2. The molecule has 1 aliphatic rings. The molecule has 1 saturated carbocycles. The number of hydrogen-bond donors (Lipinski definition) is 2. The second-order valence-electron chi connectivity index (χ2n) is 5.68. The van der Waals surface area contributed by atoms with Crippen molar-refractivity contribution in [3.8, 4) is 0 Å². The molecule has 21 heavy (non-hydrogen) atoms. The van der Waals surface area contributed by atoms with Gasteiger partial charge < -0.3 is 10.6 Å². The lowest BCUT2D eigenvalue weighted by Gasteiger charge is -2.15. The summed E-state index contributed by atoms with van der Waals surface area (Å²) in [7, 11) is 0. The lowest BCUT2D eigenvalue weighted by Crippen LogP contribution is -2.43. The Kier molecular flexibility index (Phi) is 5.37. The van der Waals surface area contributed by atoms with E-state index in [1.807, 2.05) is 25.1 Å². The molecule has 0 atom stereocenters. The molecule has 0 spiro atoms. The summed E-state index contributed by atoms with van der Waals surface area (Å²) in [5.41, 5.74) is 0.496. The van der Waals surface area contributed by atoms with Gasteiger partial charge in [0.05, 0.1) is 0 Å². The van der Waals surface area contributed by atoms with Gasteiger partial charge in [0, 0.05) is 13.1 Å². The van der Waals surface area contributed by atoms with E-state index >= 15 is 0 Å². The molecule has 2 N–H and O–H groups in total. The van der Waals surface area contributed by atoms with Gasteiger partial charge in [0.1, 0.15) is 5.41 Å². The van der Waals surface area contributed by atoms with Gasteiger partial charge >= 0.3 is 0 Å². The summed E-state index contributed by atoms with van der Waals surface area (Å²) in [5, 5.41) is 5.75. The van der Waals surface area contributed by atoms with E-state index < -0.39 is 5.41 Å². The number of benzene rings is 1. The first kappa shape index (κ1) is 15.5. The van der Waals surface area contributed by atoms with E-state index in [1.165, 1.54) is 5.56 Å². The van der Waals surface area contributed by atoms with Crippen molar-refractivity contribution in [2.75, 3.05) is 13.1 Å². The van der Waals surface area contributed by atoms with Crippen molar-refractivity contribution in [2.45, 2.75) is 39.0 Å². The van der Waals surface area contributed by atoms with Crippen LogP contribution in [0.1, 0.15) is 38.2 Å². The summed E-state index contributed by atoms with van der Waals surface area (Å²) in [5.74, 6) is -0.214. The van der Waals surface area contributed by atoms with Crippen LogP contribution in [0.5, 0.6) is 0 Å². The molecule has 1 aromatic rings. The topological polar surface area (TPSA) is 58.2 Å². The SMILES string of the molecule is CCCNC(=O)C1(C(=O)NCCCc2ccccc2)CC1. The lowest BCUT2D eigenvalue weighted by atomic mass is 10.0. The van der Waals surface area contributed by atoms with Crippen molar-refractivity contribution in [1.82, 2.24) is 10.6 Å². The average molecular weight is 288 g/mol. The van der Waals surface area contributed by atoms with Crippen molar-refractivity contribution in [3.05, 3.63) is 35.9 Å². The van der Waals surface area contributed by atoms with Crippen molar-refractivity contribution < 1.29 is 9.59 Å². The molecule has 4 nitrogen and oxygen atoms in total. The van der Waals surface area contributed by atoms with Crippen LogP contribution >= 0.6 is 0 Å². The number of aryl methyl sites for hydroxylation is 1. The van der Waals surface area contributed by atoms with Crippen molar-refractivity contribution in [1.29, 1.82) is 0 Å². The Balaban J connectivity index is 1.71. The Hall–Kier alpha value is -1.84. The quantitative estimate of drug-likeness (QED) is 0.568. The van der Waals surface area contributed by atoms with Crippen LogP contribution in [0.15, 0.2) is 30.3 Å². The first-order valence-corrected chi connectivity index (χ1v) is 7.79. The van der Waals surface area contributed by atoms with E-state index in [0.29, 0.717) is 25.9 Å². The number of nitrogens with one attached hydrogen (secondary N) is 2. The van der Waals surface area contributed by atoms with Crippen molar-refractivity contribution in [2.24, 2.45) is 5.41 Å². The minimum atomic E-state index is -0.776. The van der Waals surface area contributed by atoms with Crippen molar-refractivity contribution >= 4 is 11.8 Å². The van der Waals surface area contributed by atoms with Crippen LogP contribution in [0, 0.1) is 5.41 Å². The molecule has 0 unspecified atom stereocenters. The number of carbonyl (C=O) groups is 2. The highest BCUT2D eigenvalue weighted by atomic mass is 16.2. The average Bonchev–Trinajstić information content (AvgIpc) is 3.32. The predicted octanol–water partition coefficient (Wildman–Crippen LogP) is 2.04. The fraction of sp³-hybridized carbons (Fsp3) is 0.529. The van der Waals surface area contributed by atoms with Crippen LogP contribution in [0.25, 0.3) is 0 Å². The van der Waals surface area contributed by atoms with E-state index in [1.54, 1.807) is 0 Å². The highest BCUT2D eigenvalue weighted by molar-refractivity contribution is 6.07. The van der Waals surface area contributed by atoms with Gasteiger partial charge in [-0.3, -0.25) is 9.59 Å². The van der Waals surface area contributed by atoms with E-state index in [2.05, 4.69) is 22.8 Å². The number of rotatable bonds is 8. The minimum Gasteiger partial charge on any atom is -0.355 e. The zero-order valence-electron chi connectivity index (χ0n) is 12.7. The van der Waals surface area contributed by atoms with E-state index in [-0.39, 0.29) is 11.8 Å². The molecule has 1 fully saturated rings. The summed E-state index contributed by atoms with van der Waals surface area (Å²) in [6.07, 6.45) is 4.07. The molecule has 2 rings (SSSR count). The molecule has 0 aromatic heterocycles. The molecule has 0 heterocycles. The highest BCUT2D eigenvalue weighted by Gasteiger charge is 2.56. The lowest BCUT2D eigenvalue weighted by molar-refractivity contribution is -0.137. The fourth-order valence-corrected chi connectivity index (χ4v) is 2.40. The molecule has 0 aliphatic heterocycles. The largest absolute Gasteiger partial charge is 0.355 e. The summed E-state index contributed by atoms with van der Waals surface area (Å²) >= 11 is 0. The number of carbonyl (C=O) groups excluding carboxylic acids is 2. The summed E-state index contributed by atoms with van der Waals surface area (Å²) < 4.78 is 0.